The van der Waals surface area contributed by atoms with Crippen molar-refractivity contribution in [3.05, 3.63) is 5.82 Å². The number of hydrogen-bond donors (Lipinski definition) is 0. The second-order valence-corrected chi connectivity index (χ2v) is 4.69. The third kappa shape index (κ3) is 3.06. The summed E-state index contributed by atoms with van der Waals surface area (Å²) in [5.74, 6) is 1.42. The van der Waals surface area contributed by atoms with Gasteiger partial charge in [-0.15, -0.1) is 10.2 Å². The Morgan fingerprint density at radius 3 is 2.62 bits per heavy atom. The Kier molecular flexibility index (Phi) is 3.84. The molecular weight excluding hydrogens is 232 g/mol. The summed E-state index contributed by atoms with van der Waals surface area (Å²) >= 11 is 3.58. The van der Waals surface area contributed by atoms with Crippen molar-refractivity contribution >= 4 is 15.9 Å². The number of aryl methyl sites for hydroxylation is 1. The average molecular weight is 247 g/mol. The van der Waals surface area contributed by atoms with Crippen LogP contribution in [0.4, 0.5) is 0 Å². The van der Waals surface area contributed by atoms with Gasteiger partial charge in [0.1, 0.15) is 0 Å². The van der Waals surface area contributed by atoms with Gasteiger partial charge in [0.05, 0.1) is 7.05 Å². The maximum Gasteiger partial charge on any atom is 0.175 e. The van der Waals surface area contributed by atoms with Gasteiger partial charge < -0.3 is 0 Å². The van der Waals surface area contributed by atoms with Gasteiger partial charge in [-0.25, -0.2) is 0 Å². The van der Waals surface area contributed by atoms with Gasteiger partial charge >= 0.3 is 0 Å². The van der Waals surface area contributed by atoms with E-state index in [4.69, 9.17) is 0 Å². The Morgan fingerprint density at radius 1 is 1.54 bits per heavy atom. The van der Waals surface area contributed by atoms with Crippen molar-refractivity contribution in [2.45, 2.75) is 31.5 Å². The molecule has 0 saturated heterocycles. The first-order valence-corrected chi connectivity index (χ1v) is 5.42. The second kappa shape index (κ2) is 4.69. The highest BCUT2D eigenvalue weighted by Crippen LogP contribution is 2.19. The minimum atomic E-state index is 0.501. The van der Waals surface area contributed by atoms with E-state index in [1.165, 1.54) is 4.80 Å². The molecule has 0 aliphatic rings. The van der Waals surface area contributed by atoms with Crippen LogP contribution in [0.2, 0.25) is 0 Å². The molecule has 2 unspecified atom stereocenters. The fourth-order valence-electron chi connectivity index (χ4n) is 1.27. The van der Waals surface area contributed by atoms with Crippen molar-refractivity contribution in [1.82, 2.24) is 20.2 Å². The maximum absolute atomic E-state index is 4.15. The standard InChI is InChI=1S/C8H15BrN4/c1-4-7(6(2)9)5-8-10-12-13(3)11-8/h6-7H,4-5H2,1-3H3. The van der Waals surface area contributed by atoms with Crippen molar-refractivity contribution in [1.29, 1.82) is 0 Å². The molecule has 74 valence electrons. The fourth-order valence-corrected chi connectivity index (χ4v) is 1.83. The molecule has 0 amide bonds. The first kappa shape index (κ1) is 10.6. The molecule has 0 saturated carbocycles. The number of nitrogens with zero attached hydrogens (tertiary/aromatic N) is 4. The molecule has 13 heavy (non-hydrogen) atoms. The predicted molar refractivity (Wildman–Crippen MR) is 54.7 cm³/mol. The van der Waals surface area contributed by atoms with Gasteiger partial charge in [0.15, 0.2) is 5.82 Å². The Hall–Kier alpha value is -0.450. The largest absolute Gasteiger partial charge is 0.175 e. The number of halogens is 1. The second-order valence-electron chi connectivity index (χ2n) is 3.25. The summed E-state index contributed by atoms with van der Waals surface area (Å²) in [5.41, 5.74) is 0. The molecule has 5 heteroatoms. The summed E-state index contributed by atoms with van der Waals surface area (Å²) in [6.45, 7) is 4.34. The normalized spacial score (nSPS) is 15.7. The number of rotatable bonds is 4. The monoisotopic (exact) mass is 246 g/mol. The highest BCUT2D eigenvalue weighted by atomic mass is 79.9. The molecule has 1 aromatic heterocycles. The van der Waals surface area contributed by atoms with Gasteiger partial charge in [0.2, 0.25) is 0 Å². The summed E-state index contributed by atoms with van der Waals surface area (Å²) in [6, 6.07) is 0. The SMILES string of the molecule is CCC(Cc1nnn(C)n1)C(C)Br. The molecule has 0 fully saturated rings. The molecule has 0 aromatic carbocycles. The lowest BCUT2D eigenvalue weighted by molar-refractivity contribution is 0.493. The van der Waals surface area contributed by atoms with Gasteiger partial charge in [-0.1, -0.05) is 36.2 Å². The Balaban J connectivity index is 2.56. The molecule has 0 aliphatic heterocycles. The van der Waals surface area contributed by atoms with E-state index in [-0.39, 0.29) is 0 Å². The van der Waals surface area contributed by atoms with Crippen molar-refractivity contribution in [3.63, 3.8) is 0 Å². The molecule has 1 heterocycles. The van der Waals surface area contributed by atoms with E-state index in [2.05, 4.69) is 45.2 Å². The zero-order valence-corrected chi connectivity index (χ0v) is 9.82. The summed E-state index contributed by atoms with van der Waals surface area (Å²) in [5, 5.41) is 11.9. The highest BCUT2D eigenvalue weighted by molar-refractivity contribution is 9.09. The molecule has 1 rings (SSSR count). The first-order valence-electron chi connectivity index (χ1n) is 4.50. The molecular formula is C8H15BrN4. The maximum atomic E-state index is 4.15. The molecule has 0 bridgehead atoms. The van der Waals surface area contributed by atoms with E-state index in [1.54, 1.807) is 7.05 Å². The van der Waals surface area contributed by atoms with Gasteiger partial charge in [-0.2, -0.15) is 4.80 Å². The van der Waals surface area contributed by atoms with E-state index >= 15 is 0 Å². The van der Waals surface area contributed by atoms with Crippen molar-refractivity contribution in [2.24, 2.45) is 13.0 Å². The smallest absolute Gasteiger partial charge is 0.167 e. The molecule has 2 atom stereocenters. The van der Waals surface area contributed by atoms with Gasteiger partial charge in [-0.05, 0) is 11.1 Å². The van der Waals surface area contributed by atoms with Crippen molar-refractivity contribution < 1.29 is 0 Å². The van der Waals surface area contributed by atoms with Crippen LogP contribution in [-0.4, -0.2) is 25.0 Å². The van der Waals surface area contributed by atoms with Crippen LogP contribution < -0.4 is 0 Å². The molecule has 0 spiro atoms. The lowest BCUT2D eigenvalue weighted by Crippen LogP contribution is -2.14. The predicted octanol–water partition coefficient (Wildman–Crippen LogP) is 1.56. The van der Waals surface area contributed by atoms with Crippen LogP contribution in [-0.2, 0) is 13.5 Å². The van der Waals surface area contributed by atoms with Crippen LogP contribution in [0, 0.1) is 5.92 Å². The highest BCUT2D eigenvalue weighted by Gasteiger charge is 2.15. The van der Waals surface area contributed by atoms with E-state index < -0.39 is 0 Å². The Labute approximate surface area is 86.8 Å². The number of hydrogen-bond acceptors (Lipinski definition) is 3. The summed E-state index contributed by atoms with van der Waals surface area (Å²) in [4.78, 5) is 2.00. The average Bonchev–Trinajstić information content (AvgIpc) is 2.46. The van der Waals surface area contributed by atoms with Crippen LogP contribution in [0.25, 0.3) is 0 Å². The summed E-state index contributed by atoms with van der Waals surface area (Å²) in [7, 11) is 1.79. The molecule has 4 nitrogen and oxygen atoms in total. The van der Waals surface area contributed by atoms with E-state index in [0.717, 1.165) is 18.7 Å². The quantitative estimate of drug-likeness (QED) is 0.758. The molecule has 0 radical (unpaired) electrons. The molecule has 0 N–H and O–H groups in total. The van der Waals surface area contributed by atoms with Crippen molar-refractivity contribution in [2.75, 3.05) is 0 Å². The van der Waals surface area contributed by atoms with Crippen molar-refractivity contribution in [3.8, 4) is 0 Å². The first-order chi connectivity index (χ1) is 6.13. The van der Waals surface area contributed by atoms with E-state index in [1.807, 2.05) is 0 Å². The van der Waals surface area contributed by atoms with E-state index in [9.17, 15) is 0 Å². The minimum absolute atomic E-state index is 0.501. The zero-order valence-electron chi connectivity index (χ0n) is 8.24. The zero-order chi connectivity index (χ0) is 9.84. The summed E-state index contributed by atoms with van der Waals surface area (Å²) in [6.07, 6.45) is 2.03. The number of alkyl halides is 1. The lowest BCUT2D eigenvalue weighted by atomic mass is 9.99. The number of tetrazole rings is 1. The van der Waals surface area contributed by atoms with Crippen LogP contribution >= 0.6 is 15.9 Å². The Morgan fingerprint density at radius 2 is 2.23 bits per heavy atom. The molecule has 1 aromatic rings. The van der Waals surface area contributed by atoms with Gasteiger partial charge in [0.25, 0.3) is 0 Å². The number of aromatic nitrogens is 4. The van der Waals surface area contributed by atoms with E-state index in [0.29, 0.717) is 10.7 Å². The van der Waals surface area contributed by atoms with Crippen LogP contribution in [0.5, 0.6) is 0 Å². The van der Waals surface area contributed by atoms with Gasteiger partial charge in [-0.3, -0.25) is 0 Å². The summed E-state index contributed by atoms with van der Waals surface area (Å²) < 4.78 is 0. The third-order valence-electron chi connectivity index (χ3n) is 2.17. The van der Waals surface area contributed by atoms with Crippen LogP contribution in [0.15, 0.2) is 0 Å². The van der Waals surface area contributed by atoms with Gasteiger partial charge in [0, 0.05) is 11.2 Å². The Bertz CT molecular complexity index is 258. The third-order valence-corrected chi connectivity index (χ3v) is 2.92. The lowest BCUT2D eigenvalue weighted by Gasteiger charge is -2.14. The minimum Gasteiger partial charge on any atom is -0.167 e. The topological polar surface area (TPSA) is 43.6 Å². The fraction of sp³-hybridized carbons (Fsp3) is 0.875. The van der Waals surface area contributed by atoms with Crippen LogP contribution in [0.3, 0.4) is 0 Å². The molecule has 0 aliphatic carbocycles. The van der Waals surface area contributed by atoms with Crippen LogP contribution in [0.1, 0.15) is 26.1 Å².